The lowest BCUT2D eigenvalue weighted by Gasteiger charge is -2.33. The smallest absolute Gasteiger partial charge is 0.254 e. The second-order valence-corrected chi connectivity index (χ2v) is 9.20. The molecule has 0 aliphatic carbocycles. The van der Waals surface area contributed by atoms with Gasteiger partial charge in [0.2, 0.25) is 5.91 Å². The van der Waals surface area contributed by atoms with Crippen LogP contribution in [0.25, 0.3) is 22.2 Å². The highest BCUT2D eigenvalue weighted by molar-refractivity contribution is 6.30. The molecule has 6 heteroatoms. The Balaban J connectivity index is 1.55. The summed E-state index contributed by atoms with van der Waals surface area (Å²) in [5.41, 5.74) is 3.10. The molecule has 33 heavy (non-hydrogen) atoms. The Morgan fingerprint density at radius 3 is 2.48 bits per heavy atom. The van der Waals surface area contributed by atoms with E-state index in [1.807, 2.05) is 71.4 Å². The van der Waals surface area contributed by atoms with Crippen LogP contribution in [0.3, 0.4) is 0 Å². The van der Waals surface area contributed by atoms with Crippen molar-refractivity contribution in [1.82, 2.24) is 14.8 Å². The summed E-state index contributed by atoms with van der Waals surface area (Å²) in [6.45, 7) is 4.10. The van der Waals surface area contributed by atoms with Gasteiger partial charge in [0.25, 0.3) is 5.91 Å². The molecule has 1 aromatic heterocycles. The van der Waals surface area contributed by atoms with Crippen molar-refractivity contribution >= 4 is 34.3 Å². The molecule has 0 spiro atoms. The summed E-state index contributed by atoms with van der Waals surface area (Å²) in [6, 6.07) is 17.1. The van der Waals surface area contributed by atoms with E-state index in [0.717, 1.165) is 41.5 Å². The highest BCUT2D eigenvalue weighted by Crippen LogP contribution is 2.28. The average Bonchev–Trinajstić information content (AvgIpc) is 2.86. The first-order chi connectivity index (χ1) is 16.0. The molecule has 2 aromatic carbocycles. The third-order valence-electron chi connectivity index (χ3n) is 6.44. The molecule has 5 nitrogen and oxygen atoms in total. The van der Waals surface area contributed by atoms with E-state index >= 15 is 0 Å². The van der Waals surface area contributed by atoms with Gasteiger partial charge < -0.3 is 9.80 Å². The fourth-order valence-corrected chi connectivity index (χ4v) is 4.56. The van der Waals surface area contributed by atoms with Gasteiger partial charge in [-0.25, -0.2) is 4.98 Å². The molecule has 3 aromatic rings. The zero-order chi connectivity index (χ0) is 23.4. The Hall–Kier alpha value is -2.92. The Morgan fingerprint density at radius 2 is 1.79 bits per heavy atom. The van der Waals surface area contributed by atoms with E-state index in [-0.39, 0.29) is 17.7 Å². The lowest BCUT2D eigenvalue weighted by atomic mass is 9.94. The number of carbonyl (C=O) groups is 2. The maximum absolute atomic E-state index is 13.6. The number of benzene rings is 2. The number of hydrogen-bond acceptors (Lipinski definition) is 3. The van der Waals surface area contributed by atoms with E-state index in [9.17, 15) is 9.59 Å². The second kappa shape index (κ2) is 10.3. The molecule has 0 bridgehead atoms. The summed E-state index contributed by atoms with van der Waals surface area (Å²) in [5, 5.41) is 1.51. The van der Waals surface area contributed by atoms with Gasteiger partial charge in [0.05, 0.1) is 16.8 Å². The summed E-state index contributed by atoms with van der Waals surface area (Å²) < 4.78 is 0. The van der Waals surface area contributed by atoms with Gasteiger partial charge in [-0.3, -0.25) is 9.59 Å². The van der Waals surface area contributed by atoms with Crippen molar-refractivity contribution in [3.63, 3.8) is 0 Å². The Kier molecular flexibility index (Phi) is 7.29. The number of fused-ring (bicyclic) bond motifs is 1. The predicted molar refractivity (Wildman–Crippen MR) is 133 cm³/mol. The third-order valence-corrected chi connectivity index (χ3v) is 6.69. The normalized spacial score (nSPS) is 14.5. The third kappa shape index (κ3) is 5.19. The van der Waals surface area contributed by atoms with Gasteiger partial charge in [-0.1, -0.05) is 55.3 Å². The molecular formula is C27H30ClN3O2. The average molecular weight is 464 g/mol. The molecule has 1 fully saturated rings. The molecule has 172 valence electrons. The molecule has 2 amide bonds. The van der Waals surface area contributed by atoms with E-state index in [4.69, 9.17) is 16.6 Å². The molecule has 2 heterocycles. The van der Waals surface area contributed by atoms with Crippen molar-refractivity contribution in [3.8, 4) is 11.3 Å². The quantitative estimate of drug-likeness (QED) is 0.473. The first-order valence-corrected chi connectivity index (χ1v) is 12.1. The maximum Gasteiger partial charge on any atom is 0.254 e. The number of unbranched alkanes of at least 4 members (excludes halogenated alkanes) is 1. The van der Waals surface area contributed by atoms with Crippen molar-refractivity contribution in [2.24, 2.45) is 5.92 Å². The van der Waals surface area contributed by atoms with Gasteiger partial charge in [-0.2, -0.15) is 0 Å². The van der Waals surface area contributed by atoms with Crippen LogP contribution < -0.4 is 0 Å². The SMILES string of the molecule is CCCCN(C)C(=O)C1CCN(C(=O)c2cc(-c3ccc(Cl)cc3)nc3ccccc23)CC1. The van der Waals surface area contributed by atoms with Crippen LogP contribution in [-0.4, -0.2) is 53.3 Å². The number of carbonyl (C=O) groups excluding carboxylic acids is 2. The van der Waals surface area contributed by atoms with Gasteiger partial charge in [-0.05, 0) is 43.5 Å². The van der Waals surface area contributed by atoms with Crippen molar-refractivity contribution in [1.29, 1.82) is 0 Å². The molecule has 0 unspecified atom stereocenters. The van der Waals surface area contributed by atoms with E-state index in [1.165, 1.54) is 0 Å². The molecule has 0 atom stereocenters. The molecule has 1 aliphatic rings. The van der Waals surface area contributed by atoms with Gasteiger partial charge in [0.15, 0.2) is 0 Å². The summed E-state index contributed by atoms with van der Waals surface area (Å²) >= 11 is 6.05. The second-order valence-electron chi connectivity index (χ2n) is 8.76. The molecule has 0 N–H and O–H groups in total. The number of aromatic nitrogens is 1. The highest BCUT2D eigenvalue weighted by atomic mass is 35.5. The van der Waals surface area contributed by atoms with Crippen molar-refractivity contribution in [2.75, 3.05) is 26.7 Å². The van der Waals surface area contributed by atoms with Crippen molar-refractivity contribution in [2.45, 2.75) is 32.6 Å². The van der Waals surface area contributed by atoms with Crippen LogP contribution in [0.5, 0.6) is 0 Å². The number of piperidine rings is 1. The minimum Gasteiger partial charge on any atom is -0.346 e. The predicted octanol–water partition coefficient (Wildman–Crippen LogP) is 5.67. The molecule has 0 saturated carbocycles. The zero-order valence-corrected chi connectivity index (χ0v) is 20.0. The van der Waals surface area contributed by atoms with Crippen LogP contribution in [0.15, 0.2) is 54.6 Å². The van der Waals surface area contributed by atoms with E-state index in [1.54, 1.807) is 0 Å². The van der Waals surface area contributed by atoms with Gasteiger partial charge in [-0.15, -0.1) is 0 Å². The van der Waals surface area contributed by atoms with Gasteiger partial charge in [0, 0.05) is 48.6 Å². The van der Waals surface area contributed by atoms with Crippen LogP contribution in [-0.2, 0) is 4.79 Å². The van der Waals surface area contributed by atoms with E-state index in [0.29, 0.717) is 36.5 Å². The lowest BCUT2D eigenvalue weighted by Crippen LogP contribution is -2.43. The first kappa shape index (κ1) is 23.2. The molecule has 1 aliphatic heterocycles. The number of likely N-dealkylation sites (tertiary alicyclic amines) is 1. The minimum absolute atomic E-state index is 0.00489. The minimum atomic E-state index is -0.00551. The Labute approximate surface area is 200 Å². The lowest BCUT2D eigenvalue weighted by molar-refractivity contribution is -0.135. The number of pyridine rings is 1. The fraction of sp³-hybridized carbons (Fsp3) is 0.370. The van der Waals surface area contributed by atoms with E-state index in [2.05, 4.69) is 6.92 Å². The van der Waals surface area contributed by atoms with Crippen LogP contribution in [0, 0.1) is 5.92 Å². The van der Waals surface area contributed by atoms with Crippen LogP contribution >= 0.6 is 11.6 Å². The summed E-state index contributed by atoms with van der Waals surface area (Å²) in [6.07, 6.45) is 3.50. The Morgan fingerprint density at radius 1 is 1.09 bits per heavy atom. The number of nitrogens with zero attached hydrogens (tertiary/aromatic N) is 3. The molecular weight excluding hydrogens is 434 g/mol. The standard InChI is InChI=1S/C27H30ClN3O2/c1-3-4-15-30(2)26(32)20-13-16-31(17-14-20)27(33)23-18-25(19-9-11-21(28)12-10-19)29-24-8-6-5-7-22(23)24/h5-12,18,20H,3-4,13-17H2,1-2H3. The highest BCUT2D eigenvalue weighted by Gasteiger charge is 2.30. The monoisotopic (exact) mass is 463 g/mol. The van der Waals surface area contributed by atoms with Crippen molar-refractivity contribution < 1.29 is 9.59 Å². The zero-order valence-electron chi connectivity index (χ0n) is 19.3. The van der Waals surface area contributed by atoms with Crippen LogP contribution in [0.4, 0.5) is 0 Å². The molecule has 4 rings (SSSR count). The maximum atomic E-state index is 13.6. The largest absolute Gasteiger partial charge is 0.346 e. The number of hydrogen-bond donors (Lipinski definition) is 0. The topological polar surface area (TPSA) is 53.5 Å². The number of rotatable bonds is 6. The van der Waals surface area contributed by atoms with Gasteiger partial charge in [0.1, 0.15) is 0 Å². The Bertz CT molecular complexity index is 1140. The number of halogens is 1. The number of amides is 2. The summed E-state index contributed by atoms with van der Waals surface area (Å²) in [5.74, 6) is 0.193. The summed E-state index contributed by atoms with van der Waals surface area (Å²) in [4.78, 5) is 34.8. The van der Waals surface area contributed by atoms with Crippen molar-refractivity contribution in [3.05, 3.63) is 65.2 Å². The van der Waals surface area contributed by atoms with Crippen LogP contribution in [0.2, 0.25) is 5.02 Å². The van der Waals surface area contributed by atoms with E-state index < -0.39 is 0 Å². The summed E-state index contributed by atoms with van der Waals surface area (Å²) in [7, 11) is 1.89. The van der Waals surface area contributed by atoms with Gasteiger partial charge >= 0.3 is 0 Å². The molecule has 0 radical (unpaired) electrons. The van der Waals surface area contributed by atoms with Crippen LogP contribution in [0.1, 0.15) is 43.0 Å². The fourth-order valence-electron chi connectivity index (χ4n) is 4.44. The first-order valence-electron chi connectivity index (χ1n) is 11.7. The molecule has 1 saturated heterocycles. The number of para-hydroxylation sites is 1.